The Labute approximate surface area is 171 Å². The van der Waals surface area contributed by atoms with Crippen LogP contribution in [0.15, 0.2) is 0 Å². The molecule has 0 saturated carbocycles. The maximum absolute atomic E-state index is 9.69. The zero-order valence-electron chi connectivity index (χ0n) is 18.3. The van der Waals surface area contributed by atoms with Crippen LogP contribution in [0.3, 0.4) is 0 Å². The van der Waals surface area contributed by atoms with Gasteiger partial charge in [0.15, 0.2) is 0 Å². The Morgan fingerprint density at radius 3 is 0.615 bits per heavy atom. The van der Waals surface area contributed by atoms with Crippen LogP contribution in [-0.4, -0.2) is 10.2 Å². The molecule has 0 heterocycles. The van der Waals surface area contributed by atoms with Crippen LogP contribution in [0.1, 0.15) is 55.6 Å². The molecular weight excluding hydrogens is 363 g/mol. The summed E-state index contributed by atoms with van der Waals surface area (Å²) in [7, 11) is 0. The second kappa shape index (κ2) is 10.0. The number of rotatable bonds is 0. The van der Waals surface area contributed by atoms with Gasteiger partial charge in [-0.15, -0.1) is 0 Å². The molecule has 0 fully saturated rings. The smallest absolute Gasteiger partial charge is 0.121 e. The fourth-order valence-corrected chi connectivity index (χ4v) is 2.96. The van der Waals surface area contributed by atoms with Gasteiger partial charge in [-0.05, 0) is 125 Å². The van der Waals surface area contributed by atoms with Crippen molar-refractivity contribution in [3.8, 4) is 11.5 Å². The Kier molecular flexibility index (Phi) is 10.3. The van der Waals surface area contributed by atoms with Crippen LogP contribution >= 0.6 is 0 Å². The number of aromatic hydroxyl groups is 2. The molecule has 147 valence electrons. The molecule has 0 atom stereocenters. The molecular formula is C23H35MnO2-. The first-order valence-electron chi connectivity index (χ1n) is 8.45. The zero-order chi connectivity index (χ0) is 18.9. The van der Waals surface area contributed by atoms with E-state index in [0.717, 1.165) is 22.3 Å². The summed E-state index contributed by atoms with van der Waals surface area (Å²) in [6.07, 6.45) is 0. The quantitative estimate of drug-likeness (QED) is 0.403. The van der Waals surface area contributed by atoms with E-state index in [4.69, 9.17) is 0 Å². The minimum Gasteiger partial charge on any atom is -0.507 e. The van der Waals surface area contributed by atoms with Gasteiger partial charge in [-0.25, -0.2) is 0 Å². The molecule has 0 bridgehead atoms. The van der Waals surface area contributed by atoms with Crippen molar-refractivity contribution >= 4 is 0 Å². The summed E-state index contributed by atoms with van der Waals surface area (Å²) in [4.78, 5) is 0. The van der Waals surface area contributed by atoms with Gasteiger partial charge in [0.05, 0.1) is 0 Å². The van der Waals surface area contributed by atoms with E-state index >= 15 is 0 Å². The normalized spacial score (nSPS) is 9.62. The molecule has 2 aromatic rings. The maximum atomic E-state index is 9.69. The fourth-order valence-electron chi connectivity index (χ4n) is 2.96. The molecule has 0 saturated heterocycles. The minimum absolute atomic E-state index is 0. The van der Waals surface area contributed by atoms with Gasteiger partial charge >= 0.3 is 0 Å². The Balaban J connectivity index is 0. The van der Waals surface area contributed by atoms with Crippen molar-refractivity contribution in [3.05, 3.63) is 63.1 Å². The maximum Gasteiger partial charge on any atom is 0.121 e. The van der Waals surface area contributed by atoms with Crippen molar-refractivity contribution in [3.63, 3.8) is 0 Å². The van der Waals surface area contributed by atoms with Crippen molar-refractivity contribution < 1.29 is 27.3 Å². The van der Waals surface area contributed by atoms with Gasteiger partial charge in [0.25, 0.3) is 0 Å². The molecule has 0 aromatic heterocycles. The van der Waals surface area contributed by atoms with Crippen LogP contribution in [0, 0.1) is 76.7 Å². The largest absolute Gasteiger partial charge is 0.507 e. The molecule has 26 heavy (non-hydrogen) atoms. The molecule has 0 unspecified atom stereocenters. The molecule has 2 rings (SSSR count). The van der Waals surface area contributed by atoms with E-state index < -0.39 is 0 Å². The average molecular weight is 398 g/mol. The predicted molar refractivity (Wildman–Crippen MR) is 110 cm³/mol. The van der Waals surface area contributed by atoms with Crippen LogP contribution in [0.25, 0.3) is 0 Å². The molecule has 0 aliphatic carbocycles. The third-order valence-corrected chi connectivity index (χ3v) is 5.92. The molecule has 2 nitrogen and oxygen atoms in total. The van der Waals surface area contributed by atoms with E-state index in [-0.39, 0.29) is 24.5 Å². The van der Waals surface area contributed by atoms with Gasteiger partial charge < -0.3 is 17.6 Å². The summed E-state index contributed by atoms with van der Waals surface area (Å²) >= 11 is 0. The first-order chi connectivity index (χ1) is 10.9. The third-order valence-electron chi connectivity index (χ3n) is 5.92. The summed E-state index contributed by atoms with van der Waals surface area (Å²) in [5, 5.41) is 19.4. The van der Waals surface area contributed by atoms with Crippen LogP contribution in [0.4, 0.5) is 0 Å². The Hall–Kier alpha value is -1.44. The Morgan fingerprint density at radius 2 is 0.462 bits per heavy atom. The Bertz CT molecular complexity index is 512. The predicted octanol–water partition coefficient (Wildman–Crippen LogP) is 6.32. The number of hydrogen-bond donors (Lipinski definition) is 2. The van der Waals surface area contributed by atoms with Crippen molar-refractivity contribution in [1.82, 2.24) is 0 Å². The van der Waals surface area contributed by atoms with Crippen molar-refractivity contribution in [1.29, 1.82) is 0 Å². The van der Waals surface area contributed by atoms with Crippen molar-refractivity contribution in [2.45, 2.75) is 69.2 Å². The first kappa shape index (κ1) is 26.8. The minimum atomic E-state index is 0. The van der Waals surface area contributed by atoms with E-state index in [1.807, 2.05) is 27.7 Å². The molecule has 0 aliphatic heterocycles. The topological polar surface area (TPSA) is 40.5 Å². The van der Waals surface area contributed by atoms with E-state index in [2.05, 4.69) is 41.5 Å². The van der Waals surface area contributed by atoms with Crippen molar-refractivity contribution in [2.75, 3.05) is 0 Å². The van der Waals surface area contributed by atoms with Crippen LogP contribution in [0.5, 0.6) is 11.5 Å². The standard InChI is InChI=1S/2C11H16O.CH3.Mn/c2*1-6-7(2)9(4)11(12)10(5)8(6)3;;/h2*12H,1-5H3;1H3;/q;;-1;. The summed E-state index contributed by atoms with van der Waals surface area (Å²) in [5.41, 5.74) is 11.4. The molecule has 2 N–H and O–H groups in total. The molecule has 2 aromatic carbocycles. The third kappa shape index (κ3) is 4.84. The van der Waals surface area contributed by atoms with E-state index in [1.54, 1.807) is 0 Å². The van der Waals surface area contributed by atoms with Gasteiger partial charge in [-0.3, -0.25) is 0 Å². The van der Waals surface area contributed by atoms with E-state index in [0.29, 0.717) is 11.5 Å². The summed E-state index contributed by atoms with van der Waals surface area (Å²) in [6.45, 7) is 20.3. The fraction of sp³-hybridized carbons (Fsp3) is 0.435. The number of hydrogen-bond acceptors (Lipinski definition) is 2. The summed E-state index contributed by atoms with van der Waals surface area (Å²) in [6, 6.07) is 0. The van der Waals surface area contributed by atoms with E-state index in [9.17, 15) is 10.2 Å². The monoisotopic (exact) mass is 398 g/mol. The molecule has 3 heteroatoms. The molecule has 1 radical (unpaired) electrons. The summed E-state index contributed by atoms with van der Waals surface area (Å²) in [5.74, 6) is 0.909. The molecule has 0 spiro atoms. The van der Waals surface area contributed by atoms with Crippen LogP contribution < -0.4 is 0 Å². The van der Waals surface area contributed by atoms with Gasteiger partial charge in [0.2, 0.25) is 0 Å². The number of phenolic OH excluding ortho intramolecular Hbond substituents is 2. The van der Waals surface area contributed by atoms with Crippen molar-refractivity contribution in [2.24, 2.45) is 0 Å². The second-order valence-electron chi connectivity index (χ2n) is 6.95. The number of benzene rings is 2. The average Bonchev–Trinajstić information content (AvgIpc) is 2.58. The molecule has 0 amide bonds. The number of phenols is 2. The zero-order valence-corrected chi connectivity index (χ0v) is 19.5. The van der Waals surface area contributed by atoms with Gasteiger partial charge in [0.1, 0.15) is 11.5 Å². The van der Waals surface area contributed by atoms with Gasteiger partial charge in [-0.2, -0.15) is 0 Å². The van der Waals surface area contributed by atoms with Gasteiger partial charge in [-0.1, -0.05) is 0 Å². The second-order valence-corrected chi connectivity index (χ2v) is 6.95. The van der Waals surface area contributed by atoms with Gasteiger partial charge in [0, 0.05) is 17.1 Å². The van der Waals surface area contributed by atoms with Crippen LogP contribution in [0.2, 0.25) is 0 Å². The first-order valence-corrected chi connectivity index (χ1v) is 8.45. The molecule has 0 aliphatic rings. The SMILES string of the molecule is Cc1c(C)c(C)c(O)c(C)c1C.Cc1c(C)c(C)c(O)c(C)c1C.[CH3-].[Mn]. The summed E-state index contributed by atoms with van der Waals surface area (Å²) < 4.78 is 0. The van der Waals surface area contributed by atoms with Crippen LogP contribution in [-0.2, 0) is 17.1 Å². The van der Waals surface area contributed by atoms with E-state index in [1.165, 1.54) is 33.4 Å². The Morgan fingerprint density at radius 1 is 0.346 bits per heavy atom.